The molecule has 1 unspecified atom stereocenters. The van der Waals surface area contributed by atoms with Gasteiger partial charge in [0, 0.05) is 37.4 Å². The van der Waals surface area contributed by atoms with Crippen molar-refractivity contribution in [1.82, 2.24) is 9.62 Å². The maximum absolute atomic E-state index is 12.8. The van der Waals surface area contributed by atoms with Crippen LogP contribution in [0.15, 0.2) is 48.5 Å². The summed E-state index contributed by atoms with van der Waals surface area (Å²) < 4.78 is 24.9. The van der Waals surface area contributed by atoms with Crippen LogP contribution in [0.3, 0.4) is 0 Å². The zero-order valence-corrected chi connectivity index (χ0v) is 18.1. The Labute approximate surface area is 178 Å². The van der Waals surface area contributed by atoms with E-state index in [2.05, 4.69) is 53.8 Å². The van der Waals surface area contributed by atoms with E-state index in [9.17, 15) is 13.2 Å². The van der Waals surface area contributed by atoms with Crippen molar-refractivity contribution >= 4 is 15.9 Å². The molecule has 1 atom stereocenters. The van der Waals surface area contributed by atoms with Gasteiger partial charge in [-0.2, -0.15) is 0 Å². The van der Waals surface area contributed by atoms with Crippen LogP contribution in [0.4, 0.5) is 0 Å². The summed E-state index contributed by atoms with van der Waals surface area (Å²) in [5.74, 6) is 1.10. The van der Waals surface area contributed by atoms with Crippen molar-refractivity contribution in [3.8, 4) is 0 Å². The Kier molecular flexibility index (Phi) is 4.94. The number of carbonyl (C=O) groups is 1. The fraction of sp³-hybridized carbons (Fsp3) is 0.458. The Morgan fingerprint density at radius 2 is 1.50 bits per heavy atom. The fourth-order valence-corrected chi connectivity index (χ4v) is 6.66. The first-order chi connectivity index (χ1) is 14.4. The van der Waals surface area contributed by atoms with Crippen LogP contribution in [0.25, 0.3) is 0 Å². The number of hydrogen-bond donors (Lipinski definition) is 1. The molecule has 5 nitrogen and oxygen atoms in total. The van der Waals surface area contributed by atoms with Crippen molar-refractivity contribution in [3.05, 3.63) is 70.8 Å². The SMILES string of the molecule is CS(=O)(=O)N1CCC(C(=O)NCC2CC3c4ccccc4C2c2ccccc23)CC1. The molecule has 6 heteroatoms. The summed E-state index contributed by atoms with van der Waals surface area (Å²) in [5.41, 5.74) is 5.70. The molecule has 30 heavy (non-hydrogen) atoms. The number of piperidine rings is 1. The Bertz CT molecular complexity index is 1030. The highest BCUT2D eigenvalue weighted by Gasteiger charge is 2.43. The molecule has 1 N–H and O–H groups in total. The Morgan fingerprint density at radius 1 is 0.967 bits per heavy atom. The predicted octanol–water partition coefficient (Wildman–Crippen LogP) is 3.07. The lowest BCUT2D eigenvalue weighted by atomic mass is 9.59. The molecule has 0 aromatic heterocycles. The van der Waals surface area contributed by atoms with E-state index in [1.165, 1.54) is 32.8 Å². The van der Waals surface area contributed by atoms with E-state index in [0.717, 1.165) is 6.42 Å². The van der Waals surface area contributed by atoms with E-state index in [4.69, 9.17) is 0 Å². The van der Waals surface area contributed by atoms with Gasteiger partial charge in [0.2, 0.25) is 15.9 Å². The summed E-state index contributed by atoms with van der Waals surface area (Å²) in [7, 11) is -3.17. The summed E-state index contributed by atoms with van der Waals surface area (Å²) in [5, 5.41) is 3.22. The van der Waals surface area contributed by atoms with Gasteiger partial charge in [0.25, 0.3) is 0 Å². The van der Waals surface area contributed by atoms with E-state index >= 15 is 0 Å². The normalized spacial score (nSPS) is 26.1. The van der Waals surface area contributed by atoms with Gasteiger partial charge in [-0.25, -0.2) is 12.7 Å². The minimum atomic E-state index is -3.17. The minimum absolute atomic E-state index is 0.0752. The van der Waals surface area contributed by atoms with Crippen LogP contribution in [0.1, 0.15) is 53.4 Å². The van der Waals surface area contributed by atoms with Gasteiger partial charge >= 0.3 is 0 Å². The van der Waals surface area contributed by atoms with Crippen LogP contribution in [0.2, 0.25) is 0 Å². The molecule has 4 aliphatic rings. The largest absolute Gasteiger partial charge is 0.356 e. The molecular weight excluding hydrogens is 396 g/mol. The van der Waals surface area contributed by atoms with Crippen LogP contribution < -0.4 is 5.32 Å². The lowest BCUT2D eigenvalue weighted by Gasteiger charge is -2.45. The summed E-state index contributed by atoms with van der Waals surface area (Å²) >= 11 is 0. The standard InChI is InChI=1S/C24H28N2O3S/c1-30(28,29)26-12-10-16(11-13-26)24(27)25-15-17-14-22-18-6-2-4-8-20(18)23(17)21-9-5-3-7-19(21)22/h2-9,16-17,22-23H,10-15H2,1H3,(H,25,27). The first-order valence-electron chi connectivity index (χ1n) is 10.8. The smallest absolute Gasteiger partial charge is 0.223 e. The fourth-order valence-electron chi connectivity index (χ4n) is 5.79. The first kappa shape index (κ1) is 19.8. The second-order valence-electron chi connectivity index (χ2n) is 8.97. The van der Waals surface area contributed by atoms with Gasteiger partial charge in [-0.3, -0.25) is 4.79 Å². The molecule has 3 aliphatic carbocycles. The minimum Gasteiger partial charge on any atom is -0.356 e. The lowest BCUT2D eigenvalue weighted by Crippen LogP contribution is -2.45. The molecule has 1 amide bonds. The van der Waals surface area contributed by atoms with Crippen molar-refractivity contribution in [2.24, 2.45) is 11.8 Å². The van der Waals surface area contributed by atoms with Gasteiger partial charge in [-0.05, 0) is 47.4 Å². The van der Waals surface area contributed by atoms with Crippen LogP contribution in [0, 0.1) is 11.8 Å². The third kappa shape index (κ3) is 3.36. The van der Waals surface area contributed by atoms with Gasteiger partial charge in [0.05, 0.1) is 6.26 Å². The van der Waals surface area contributed by atoms with Gasteiger partial charge in [0.15, 0.2) is 0 Å². The van der Waals surface area contributed by atoms with Crippen LogP contribution >= 0.6 is 0 Å². The van der Waals surface area contributed by atoms with E-state index < -0.39 is 10.0 Å². The Morgan fingerprint density at radius 3 is 2.03 bits per heavy atom. The number of hydrogen-bond acceptors (Lipinski definition) is 3. The Hall–Kier alpha value is -2.18. The van der Waals surface area contributed by atoms with Crippen molar-refractivity contribution < 1.29 is 13.2 Å². The molecule has 1 fully saturated rings. The highest BCUT2D eigenvalue weighted by Crippen LogP contribution is 2.55. The second-order valence-corrected chi connectivity index (χ2v) is 10.9. The molecule has 158 valence electrons. The van der Waals surface area contributed by atoms with Crippen molar-refractivity contribution in [2.45, 2.75) is 31.1 Å². The molecular formula is C24H28N2O3S. The van der Waals surface area contributed by atoms with E-state index in [-0.39, 0.29) is 11.8 Å². The maximum atomic E-state index is 12.8. The zero-order valence-electron chi connectivity index (χ0n) is 17.3. The topological polar surface area (TPSA) is 66.5 Å². The monoisotopic (exact) mass is 424 g/mol. The molecule has 2 bridgehead atoms. The average molecular weight is 425 g/mol. The molecule has 1 saturated heterocycles. The van der Waals surface area contributed by atoms with E-state index in [0.29, 0.717) is 50.2 Å². The second kappa shape index (κ2) is 7.50. The van der Waals surface area contributed by atoms with Gasteiger partial charge in [-0.1, -0.05) is 48.5 Å². The number of benzene rings is 2. The van der Waals surface area contributed by atoms with E-state index in [1.807, 2.05) is 0 Å². The number of nitrogens with zero attached hydrogens (tertiary/aromatic N) is 1. The molecule has 2 aromatic rings. The average Bonchev–Trinajstić information content (AvgIpc) is 2.77. The van der Waals surface area contributed by atoms with Crippen molar-refractivity contribution in [1.29, 1.82) is 0 Å². The number of nitrogens with one attached hydrogen (secondary N) is 1. The third-order valence-electron chi connectivity index (χ3n) is 7.26. The lowest BCUT2D eigenvalue weighted by molar-refractivity contribution is -0.126. The number of fused-ring (bicyclic) bond motifs is 1. The van der Waals surface area contributed by atoms with Gasteiger partial charge in [-0.15, -0.1) is 0 Å². The first-order valence-corrected chi connectivity index (χ1v) is 12.7. The molecule has 0 radical (unpaired) electrons. The molecule has 0 saturated carbocycles. The number of sulfonamides is 1. The number of carbonyl (C=O) groups excluding carboxylic acids is 1. The van der Waals surface area contributed by atoms with E-state index in [1.54, 1.807) is 0 Å². The van der Waals surface area contributed by atoms with Gasteiger partial charge in [0.1, 0.15) is 0 Å². The molecule has 1 aliphatic heterocycles. The summed E-state index contributed by atoms with van der Waals surface area (Å²) in [4.78, 5) is 12.8. The quantitative estimate of drug-likeness (QED) is 0.820. The zero-order chi connectivity index (χ0) is 20.9. The van der Waals surface area contributed by atoms with Crippen LogP contribution in [0.5, 0.6) is 0 Å². The van der Waals surface area contributed by atoms with Crippen LogP contribution in [-0.2, 0) is 14.8 Å². The number of rotatable bonds is 4. The highest BCUT2D eigenvalue weighted by molar-refractivity contribution is 7.88. The Balaban J connectivity index is 1.29. The molecule has 1 heterocycles. The molecule has 2 aromatic carbocycles. The number of amides is 1. The van der Waals surface area contributed by atoms with Gasteiger partial charge < -0.3 is 5.32 Å². The highest BCUT2D eigenvalue weighted by atomic mass is 32.2. The summed E-state index contributed by atoms with van der Waals surface area (Å²) in [6.07, 6.45) is 3.50. The summed E-state index contributed by atoms with van der Waals surface area (Å²) in [6, 6.07) is 17.5. The molecule has 6 rings (SSSR count). The summed E-state index contributed by atoms with van der Waals surface area (Å²) in [6.45, 7) is 1.55. The van der Waals surface area contributed by atoms with Crippen molar-refractivity contribution in [2.75, 3.05) is 25.9 Å². The predicted molar refractivity (Wildman–Crippen MR) is 117 cm³/mol. The van der Waals surface area contributed by atoms with Crippen LogP contribution in [-0.4, -0.2) is 44.5 Å². The maximum Gasteiger partial charge on any atom is 0.223 e. The third-order valence-corrected chi connectivity index (χ3v) is 8.56. The van der Waals surface area contributed by atoms with Crippen molar-refractivity contribution in [3.63, 3.8) is 0 Å². The molecule has 0 spiro atoms.